The summed E-state index contributed by atoms with van der Waals surface area (Å²) >= 11 is 0. The molecule has 0 spiro atoms. The zero-order valence-electron chi connectivity index (χ0n) is 14.1. The summed E-state index contributed by atoms with van der Waals surface area (Å²) in [5, 5.41) is 0. The number of rotatable bonds is 7. The van der Waals surface area contributed by atoms with E-state index in [9.17, 15) is 9.59 Å². The molecule has 0 aliphatic heterocycles. The maximum absolute atomic E-state index is 12.2. The lowest BCUT2D eigenvalue weighted by molar-refractivity contribution is 0.0734. The molecule has 0 aliphatic rings. The molecule has 124 valence electrons. The standard InChI is InChI=1S/C21H22O3/c1-4-15(3)14-16-6-8-18(9-7-16)21(23)24-19-12-10-17(11-13-19)20(22)5-2/h5-13,15H,2,4,14H2,1,3H3. The average molecular weight is 322 g/mol. The van der Waals surface area contributed by atoms with Crippen LogP contribution in [0.25, 0.3) is 0 Å². The number of carbonyl (C=O) groups is 2. The third kappa shape index (κ3) is 4.66. The van der Waals surface area contributed by atoms with Crippen LogP contribution in [0.15, 0.2) is 61.2 Å². The Morgan fingerprint density at radius 3 is 2.17 bits per heavy atom. The van der Waals surface area contributed by atoms with Crippen molar-refractivity contribution in [3.05, 3.63) is 77.9 Å². The second-order valence-corrected chi connectivity index (χ2v) is 5.90. The Labute approximate surface area is 143 Å². The summed E-state index contributed by atoms with van der Waals surface area (Å²) in [7, 11) is 0. The minimum absolute atomic E-state index is 0.162. The van der Waals surface area contributed by atoms with Crippen LogP contribution in [-0.2, 0) is 6.42 Å². The molecule has 2 rings (SSSR count). The summed E-state index contributed by atoms with van der Waals surface area (Å²) in [5.41, 5.74) is 2.24. The Balaban J connectivity index is 2.01. The Hall–Kier alpha value is -2.68. The van der Waals surface area contributed by atoms with Crippen molar-refractivity contribution in [2.45, 2.75) is 26.7 Å². The summed E-state index contributed by atoms with van der Waals surface area (Å²) in [6.45, 7) is 7.83. The third-order valence-corrected chi connectivity index (χ3v) is 4.01. The Morgan fingerprint density at radius 1 is 1.04 bits per heavy atom. The first kappa shape index (κ1) is 17.7. The van der Waals surface area contributed by atoms with Crippen LogP contribution in [0.5, 0.6) is 5.75 Å². The highest BCUT2D eigenvalue weighted by Gasteiger charge is 2.10. The lowest BCUT2D eigenvalue weighted by atomic mass is 9.98. The van der Waals surface area contributed by atoms with Gasteiger partial charge in [-0.1, -0.05) is 39.0 Å². The molecule has 2 aromatic rings. The molecule has 0 saturated heterocycles. The van der Waals surface area contributed by atoms with E-state index in [1.165, 1.54) is 11.6 Å². The first-order valence-corrected chi connectivity index (χ1v) is 8.11. The van der Waals surface area contributed by atoms with Gasteiger partial charge in [0.2, 0.25) is 0 Å². The second-order valence-electron chi connectivity index (χ2n) is 5.90. The summed E-state index contributed by atoms with van der Waals surface area (Å²) < 4.78 is 5.33. The van der Waals surface area contributed by atoms with Crippen LogP contribution in [0.1, 0.15) is 46.5 Å². The first-order chi connectivity index (χ1) is 11.5. The molecule has 0 radical (unpaired) electrons. The number of carbonyl (C=O) groups excluding carboxylic acids is 2. The van der Waals surface area contributed by atoms with E-state index in [-0.39, 0.29) is 5.78 Å². The fourth-order valence-corrected chi connectivity index (χ4v) is 2.29. The van der Waals surface area contributed by atoms with E-state index in [2.05, 4.69) is 20.4 Å². The van der Waals surface area contributed by atoms with Crippen LogP contribution in [0.4, 0.5) is 0 Å². The minimum Gasteiger partial charge on any atom is -0.423 e. The molecule has 0 bridgehead atoms. The van der Waals surface area contributed by atoms with E-state index >= 15 is 0 Å². The largest absolute Gasteiger partial charge is 0.423 e. The molecule has 0 aliphatic carbocycles. The maximum atomic E-state index is 12.2. The zero-order valence-corrected chi connectivity index (χ0v) is 14.1. The summed E-state index contributed by atoms with van der Waals surface area (Å²) in [4.78, 5) is 23.6. The fraction of sp³-hybridized carbons (Fsp3) is 0.238. The van der Waals surface area contributed by atoms with Gasteiger partial charge in [-0.3, -0.25) is 4.79 Å². The van der Waals surface area contributed by atoms with E-state index in [0.717, 1.165) is 12.8 Å². The van der Waals surface area contributed by atoms with Gasteiger partial charge >= 0.3 is 5.97 Å². The highest BCUT2D eigenvalue weighted by molar-refractivity contribution is 6.04. The van der Waals surface area contributed by atoms with Crippen molar-refractivity contribution in [2.75, 3.05) is 0 Å². The van der Waals surface area contributed by atoms with E-state index in [0.29, 0.717) is 22.8 Å². The van der Waals surface area contributed by atoms with Crippen LogP contribution in [0, 0.1) is 5.92 Å². The molecule has 0 heterocycles. The monoisotopic (exact) mass is 322 g/mol. The molecule has 3 heteroatoms. The van der Waals surface area contributed by atoms with Crippen molar-refractivity contribution in [3.8, 4) is 5.75 Å². The van der Waals surface area contributed by atoms with Crippen molar-refractivity contribution in [3.63, 3.8) is 0 Å². The SMILES string of the molecule is C=CC(=O)c1ccc(OC(=O)c2ccc(CC(C)CC)cc2)cc1. The predicted octanol–water partition coefficient (Wildman–Crippen LogP) is 4.86. The molecule has 24 heavy (non-hydrogen) atoms. The van der Waals surface area contributed by atoms with Gasteiger partial charge in [0.15, 0.2) is 5.78 Å². The molecular formula is C21H22O3. The molecule has 1 unspecified atom stereocenters. The lowest BCUT2D eigenvalue weighted by Gasteiger charge is -2.09. The summed E-state index contributed by atoms with van der Waals surface area (Å²) in [5.74, 6) is 0.460. The van der Waals surface area contributed by atoms with Gasteiger partial charge in [0.1, 0.15) is 5.75 Å². The van der Waals surface area contributed by atoms with Crippen LogP contribution in [0.3, 0.4) is 0 Å². The van der Waals surface area contributed by atoms with Crippen LogP contribution >= 0.6 is 0 Å². The van der Waals surface area contributed by atoms with Crippen molar-refractivity contribution in [2.24, 2.45) is 5.92 Å². The normalized spacial score (nSPS) is 11.6. The van der Waals surface area contributed by atoms with Gasteiger partial charge in [-0.15, -0.1) is 0 Å². The van der Waals surface area contributed by atoms with Crippen molar-refractivity contribution < 1.29 is 14.3 Å². The zero-order chi connectivity index (χ0) is 17.5. The van der Waals surface area contributed by atoms with Crippen molar-refractivity contribution in [1.82, 2.24) is 0 Å². The van der Waals surface area contributed by atoms with Crippen LogP contribution in [0.2, 0.25) is 0 Å². The van der Waals surface area contributed by atoms with Crippen LogP contribution in [-0.4, -0.2) is 11.8 Å². The number of hydrogen-bond donors (Lipinski definition) is 0. The van der Waals surface area contributed by atoms with Crippen molar-refractivity contribution >= 4 is 11.8 Å². The number of allylic oxidation sites excluding steroid dienone is 1. The Bertz CT molecular complexity index is 712. The molecular weight excluding hydrogens is 300 g/mol. The van der Waals surface area contributed by atoms with E-state index in [4.69, 9.17) is 4.74 Å². The van der Waals surface area contributed by atoms with E-state index < -0.39 is 5.97 Å². The van der Waals surface area contributed by atoms with Gasteiger partial charge in [0, 0.05) is 5.56 Å². The number of ketones is 1. The summed E-state index contributed by atoms with van der Waals surface area (Å²) in [6, 6.07) is 13.9. The number of hydrogen-bond acceptors (Lipinski definition) is 3. The number of esters is 1. The van der Waals surface area contributed by atoms with Gasteiger partial charge in [-0.05, 0) is 60.4 Å². The quantitative estimate of drug-likeness (QED) is 0.316. The highest BCUT2D eigenvalue weighted by atomic mass is 16.5. The highest BCUT2D eigenvalue weighted by Crippen LogP contribution is 2.16. The minimum atomic E-state index is -0.409. The summed E-state index contributed by atoms with van der Waals surface area (Å²) in [6.07, 6.45) is 3.39. The van der Waals surface area contributed by atoms with Gasteiger partial charge < -0.3 is 4.74 Å². The first-order valence-electron chi connectivity index (χ1n) is 8.11. The predicted molar refractivity (Wildman–Crippen MR) is 95.5 cm³/mol. The number of benzene rings is 2. The van der Waals surface area contributed by atoms with E-state index in [1.807, 2.05) is 12.1 Å². The van der Waals surface area contributed by atoms with Gasteiger partial charge in [-0.2, -0.15) is 0 Å². The molecule has 0 saturated carbocycles. The fourth-order valence-electron chi connectivity index (χ4n) is 2.29. The van der Waals surface area contributed by atoms with Gasteiger partial charge in [-0.25, -0.2) is 4.79 Å². The molecule has 0 fully saturated rings. The average Bonchev–Trinajstić information content (AvgIpc) is 2.62. The molecule has 0 aromatic heterocycles. The molecule has 1 atom stereocenters. The second kappa shape index (κ2) is 8.25. The molecule has 0 amide bonds. The van der Waals surface area contributed by atoms with Crippen LogP contribution < -0.4 is 4.74 Å². The van der Waals surface area contributed by atoms with Gasteiger partial charge in [0.05, 0.1) is 5.56 Å². The molecule has 2 aromatic carbocycles. The van der Waals surface area contributed by atoms with Gasteiger partial charge in [0.25, 0.3) is 0 Å². The maximum Gasteiger partial charge on any atom is 0.343 e. The smallest absolute Gasteiger partial charge is 0.343 e. The molecule has 0 N–H and O–H groups in total. The lowest BCUT2D eigenvalue weighted by Crippen LogP contribution is -2.09. The number of ether oxygens (including phenoxy) is 1. The van der Waals surface area contributed by atoms with Crippen molar-refractivity contribution in [1.29, 1.82) is 0 Å². The topological polar surface area (TPSA) is 43.4 Å². The van der Waals surface area contributed by atoms with E-state index in [1.54, 1.807) is 36.4 Å². The molecule has 3 nitrogen and oxygen atoms in total. The Kier molecular flexibility index (Phi) is 6.07. The Morgan fingerprint density at radius 2 is 1.62 bits per heavy atom. The third-order valence-electron chi connectivity index (χ3n) is 4.01.